The second kappa shape index (κ2) is 46.4. The van der Waals surface area contributed by atoms with E-state index in [0.29, 0.717) is 6.42 Å². The van der Waals surface area contributed by atoms with Crippen LogP contribution in [0.4, 0.5) is 0 Å². The highest BCUT2D eigenvalue weighted by molar-refractivity contribution is 5.76. The molecule has 0 aliphatic carbocycles. The van der Waals surface area contributed by atoms with E-state index in [0.717, 1.165) is 57.8 Å². The van der Waals surface area contributed by atoms with Crippen LogP contribution in [0.1, 0.15) is 258 Å². The Bertz CT molecular complexity index is 1340. The van der Waals surface area contributed by atoms with E-state index in [4.69, 9.17) is 18.9 Å². The zero-order valence-electron chi connectivity index (χ0n) is 46.8. The van der Waals surface area contributed by atoms with E-state index in [2.05, 4.69) is 31.3 Å². The number of ether oxygens (including phenoxy) is 4. The van der Waals surface area contributed by atoms with Crippen molar-refractivity contribution in [3.8, 4) is 0 Å². The van der Waals surface area contributed by atoms with Gasteiger partial charge in [-0.1, -0.05) is 231 Å². The Kier molecular flexibility index (Phi) is 43.0. The van der Waals surface area contributed by atoms with Crippen molar-refractivity contribution in [3.05, 3.63) is 24.3 Å². The molecule has 14 nitrogen and oxygen atoms in total. The molecule has 1 amide bonds. The number of aliphatic hydroxyl groups excluding tert-OH is 8. The van der Waals surface area contributed by atoms with Crippen molar-refractivity contribution in [1.82, 2.24) is 5.32 Å². The number of carbonyl (C=O) groups is 1. The predicted octanol–water partition coefficient (Wildman–Crippen LogP) is 10.4. The van der Waals surface area contributed by atoms with Crippen LogP contribution in [0, 0.1) is 0 Å². The van der Waals surface area contributed by atoms with E-state index in [1.54, 1.807) is 6.08 Å². The number of amides is 1. The Morgan fingerprint density at radius 2 is 0.851 bits per heavy atom. The van der Waals surface area contributed by atoms with Gasteiger partial charge in [-0.15, -0.1) is 0 Å². The normalized spacial score (nSPS) is 25.3. The minimum absolute atomic E-state index is 0.247. The first-order valence-electron chi connectivity index (χ1n) is 30.6. The van der Waals surface area contributed by atoms with Gasteiger partial charge >= 0.3 is 0 Å². The molecule has 0 bridgehead atoms. The lowest BCUT2D eigenvalue weighted by atomic mass is 9.97. The molecule has 2 heterocycles. The van der Waals surface area contributed by atoms with Gasteiger partial charge < -0.3 is 65.1 Å². The number of aliphatic hydroxyl groups is 8. The standard InChI is InChI=1S/C60H113NO13/c1-3-5-7-9-11-13-15-17-18-19-20-21-22-23-24-25-26-27-28-29-30-31-32-33-35-37-39-41-43-49(64)48(61-52(65)44-42-40-38-36-34-16-14-12-10-8-6-4-2)47-71-59-57(70)55(68)58(51(46-63)73-59)74-60-56(69)54(67)53(66)50(45-62)72-60/h12,14,41,43,48-51,53-60,62-64,66-70H,3-11,13,15-40,42,44-47H2,1-2H3,(H,61,65)/b14-12-,43-41+. The summed E-state index contributed by atoms with van der Waals surface area (Å²) in [4.78, 5) is 13.2. The molecular weight excluding hydrogens is 943 g/mol. The lowest BCUT2D eigenvalue weighted by Gasteiger charge is -2.46. The molecule has 0 aromatic rings. The smallest absolute Gasteiger partial charge is 0.220 e. The van der Waals surface area contributed by atoms with E-state index in [9.17, 15) is 45.6 Å². The van der Waals surface area contributed by atoms with Crippen LogP contribution in [-0.4, -0.2) is 140 Å². The largest absolute Gasteiger partial charge is 0.394 e. The van der Waals surface area contributed by atoms with Crippen LogP contribution in [0.3, 0.4) is 0 Å². The summed E-state index contributed by atoms with van der Waals surface area (Å²) in [6.45, 7) is 2.78. The molecule has 12 atom stereocenters. The molecule has 74 heavy (non-hydrogen) atoms. The molecule has 2 saturated heterocycles. The first-order chi connectivity index (χ1) is 36.1. The van der Waals surface area contributed by atoms with Crippen LogP contribution in [0.2, 0.25) is 0 Å². The van der Waals surface area contributed by atoms with Crippen LogP contribution in [0.25, 0.3) is 0 Å². The van der Waals surface area contributed by atoms with Gasteiger partial charge in [0, 0.05) is 6.42 Å². The second-order valence-electron chi connectivity index (χ2n) is 21.8. The Balaban J connectivity index is 1.70. The fraction of sp³-hybridized carbons (Fsp3) is 0.917. The summed E-state index contributed by atoms with van der Waals surface area (Å²) in [6, 6.07) is -0.916. The average Bonchev–Trinajstić information content (AvgIpc) is 3.40. The minimum Gasteiger partial charge on any atom is -0.394 e. The Morgan fingerprint density at radius 1 is 0.473 bits per heavy atom. The number of carbonyl (C=O) groups excluding carboxylic acids is 1. The van der Waals surface area contributed by atoms with Crippen LogP contribution in [0.15, 0.2) is 24.3 Å². The highest BCUT2D eigenvalue weighted by Crippen LogP contribution is 2.30. The molecule has 9 N–H and O–H groups in total. The van der Waals surface area contributed by atoms with Crippen molar-refractivity contribution >= 4 is 5.91 Å². The molecule has 12 unspecified atom stereocenters. The van der Waals surface area contributed by atoms with Crippen LogP contribution >= 0.6 is 0 Å². The molecule has 0 spiro atoms. The van der Waals surface area contributed by atoms with Gasteiger partial charge in [0.05, 0.1) is 32.0 Å². The maximum absolute atomic E-state index is 13.2. The summed E-state index contributed by atoms with van der Waals surface area (Å²) in [6.07, 6.45) is 38.1. The minimum atomic E-state index is -1.79. The number of hydrogen-bond donors (Lipinski definition) is 9. The van der Waals surface area contributed by atoms with Gasteiger partial charge in [-0.25, -0.2) is 0 Å². The van der Waals surface area contributed by atoms with Crippen molar-refractivity contribution in [1.29, 1.82) is 0 Å². The Hall–Kier alpha value is -1.53. The number of unbranched alkanes of at least 4 members (excludes halogenated alkanes) is 34. The zero-order valence-corrected chi connectivity index (χ0v) is 46.8. The predicted molar refractivity (Wildman–Crippen MR) is 295 cm³/mol. The summed E-state index contributed by atoms with van der Waals surface area (Å²) >= 11 is 0. The summed E-state index contributed by atoms with van der Waals surface area (Å²) in [5.74, 6) is -0.247. The molecule has 0 radical (unpaired) electrons. The summed E-state index contributed by atoms with van der Waals surface area (Å²) < 4.78 is 22.8. The first kappa shape index (κ1) is 68.6. The lowest BCUT2D eigenvalue weighted by Crippen LogP contribution is -2.65. The van der Waals surface area contributed by atoms with Crippen LogP contribution in [-0.2, 0) is 23.7 Å². The van der Waals surface area contributed by atoms with Crippen molar-refractivity contribution < 1.29 is 64.6 Å². The maximum atomic E-state index is 13.2. The Morgan fingerprint density at radius 3 is 1.31 bits per heavy atom. The molecule has 0 aromatic heterocycles. The third-order valence-electron chi connectivity index (χ3n) is 15.1. The highest BCUT2D eigenvalue weighted by Gasteiger charge is 2.51. The number of nitrogens with one attached hydrogen (secondary N) is 1. The summed E-state index contributed by atoms with van der Waals surface area (Å²) in [5, 5.41) is 87.0. The van der Waals surface area contributed by atoms with Gasteiger partial charge in [0.1, 0.15) is 48.8 Å². The number of allylic oxidation sites excluding steroid dienone is 3. The SMILES string of the molecule is CCCCC/C=C\CCCCCCCC(=O)NC(COC1OC(CO)C(OC2OC(CO)C(O)C(O)C2O)C(O)C1O)C(O)/C=C/CCCCCCCCCCCCCCCCCCCCCCCCCCCC. The van der Waals surface area contributed by atoms with E-state index in [-0.39, 0.29) is 18.9 Å². The maximum Gasteiger partial charge on any atom is 0.220 e. The Labute approximate surface area is 449 Å². The molecule has 436 valence electrons. The molecule has 2 rings (SSSR count). The quantitative estimate of drug-likeness (QED) is 0.0204. The zero-order chi connectivity index (χ0) is 53.9. The van der Waals surface area contributed by atoms with Gasteiger partial charge in [-0.3, -0.25) is 4.79 Å². The molecule has 2 fully saturated rings. The molecular formula is C60H113NO13. The van der Waals surface area contributed by atoms with Crippen molar-refractivity contribution in [2.24, 2.45) is 0 Å². The highest BCUT2D eigenvalue weighted by atomic mass is 16.7. The van der Waals surface area contributed by atoms with Gasteiger partial charge in [-0.05, 0) is 44.9 Å². The van der Waals surface area contributed by atoms with Gasteiger partial charge in [0.25, 0.3) is 0 Å². The monoisotopic (exact) mass is 1060 g/mol. The van der Waals surface area contributed by atoms with Crippen LogP contribution in [0.5, 0.6) is 0 Å². The summed E-state index contributed by atoms with van der Waals surface area (Å²) in [7, 11) is 0. The summed E-state index contributed by atoms with van der Waals surface area (Å²) in [5.41, 5.74) is 0. The van der Waals surface area contributed by atoms with E-state index in [1.165, 1.54) is 173 Å². The van der Waals surface area contributed by atoms with E-state index < -0.39 is 86.8 Å². The van der Waals surface area contributed by atoms with Gasteiger partial charge in [0.2, 0.25) is 5.91 Å². The molecule has 2 aliphatic rings. The van der Waals surface area contributed by atoms with Gasteiger partial charge in [-0.2, -0.15) is 0 Å². The average molecular weight is 1060 g/mol. The molecule has 0 aromatic carbocycles. The third-order valence-corrected chi connectivity index (χ3v) is 15.1. The molecule has 0 saturated carbocycles. The van der Waals surface area contributed by atoms with Crippen LogP contribution < -0.4 is 5.32 Å². The lowest BCUT2D eigenvalue weighted by molar-refractivity contribution is -0.359. The van der Waals surface area contributed by atoms with E-state index in [1.807, 2.05) is 6.08 Å². The number of rotatable bonds is 49. The molecule has 2 aliphatic heterocycles. The third kappa shape index (κ3) is 31.8. The van der Waals surface area contributed by atoms with Gasteiger partial charge in [0.15, 0.2) is 12.6 Å². The fourth-order valence-electron chi connectivity index (χ4n) is 10.2. The first-order valence-corrected chi connectivity index (χ1v) is 30.6. The fourth-order valence-corrected chi connectivity index (χ4v) is 10.2. The second-order valence-corrected chi connectivity index (χ2v) is 21.8. The number of hydrogen-bond acceptors (Lipinski definition) is 13. The van der Waals surface area contributed by atoms with Crippen molar-refractivity contribution in [2.45, 2.75) is 331 Å². The van der Waals surface area contributed by atoms with Crippen molar-refractivity contribution in [2.75, 3.05) is 19.8 Å². The topological polar surface area (TPSA) is 228 Å². The van der Waals surface area contributed by atoms with E-state index >= 15 is 0 Å². The molecule has 14 heteroatoms. The van der Waals surface area contributed by atoms with Crippen molar-refractivity contribution in [3.63, 3.8) is 0 Å².